The molecule has 0 radical (unpaired) electrons. The molecule has 0 fully saturated rings. The van der Waals surface area contributed by atoms with Gasteiger partial charge in [-0.1, -0.05) is 6.07 Å². The minimum atomic E-state index is 0.349. The molecule has 1 aromatic carbocycles. The second-order valence-electron chi connectivity index (χ2n) is 4.20. The molecule has 3 nitrogen and oxygen atoms in total. The molecule has 0 spiro atoms. The van der Waals surface area contributed by atoms with Gasteiger partial charge in [-0.25, -0.2) is 0 Å². The van der Waals surface area contributed by atoms with Gasteiger partial charge < -0.3 is 14.4 Å². The van der Waals surface area contributed by atoms with Crippen LogP contribution in [0, 0.1) is 0 Å². The summed E-state index contributed by atoms with van der Waals surface area (Å²) in [5, 5.41) is 0. The Morgan fingerprint density at radius 3 is 2.73 bits per heavy atom. The van der Waals surface area contributed by atoms with E-state index in [-0.39, 0.29) is 0 Å². The van der Waals surface area contributed by atoms with E-state index in [1.807, 2.05) is 6.07 Å². The van der Waals surface area contributed by atoms with Crippen LogP contribution in [0.3, 0.4) is 0 Å². The lowest BCUT2D eigenvalue weighted by molar-refractivity contribution is 0.174. The maximum absolute atomic E-state index is 5.35. The van der Waals surface area contributed by atoms with Crippen LogP contribution >= 0.6 is 0 Å². The summed E-state index contributed by atoms with van der Waals surface area (Å²) in [6.45, 7) is 2.56. The summed E-state index contributed by atoms with van der Waals surface area (Å²) in [6.07, 6.45) is 1.03. The average Bonchev–Trinajstić information content (AvgIpc) is 2.64. The lowest BCUT2D eigenvalue weighted by Crippen LogP contribution is -2.26. The number of benzene rings is 1. The fourth-order valence-electron chi connectivity index (χ4n) is 1.59. The van der Waals surface area contributed by atoms with Crippen molar-refractivity contribution in [1.29, 1.82) is 0 Å². The van der Waals surface area contributed by atoms with Crippen molar-refractivity contribution in [2.45, 2.75) is 19.4 Å². The Labute approximate surface area is 90.6 Å². The summed E-state index contributed by atoms with van der Waals surface area (Å²) in [5.74, 6) is 1.73. The van der Waals surface area contributed by atoms with E-state index in [9.17, 15) is 0 Å². The number of ether oxygens (including phenoxy) is 2. The highest BCUT2D eigenvalue weighted by Gasteiger charge is 2.14. The molecule has 1 aromatic rings. The maximum atomic E-state index is 5.35. The van der Waals surface area contributed by atoms with Gasteiger partial charge in [0.2, 0.25) is 6.79 Å². The number of hydrogen-bond donors (Lipinski definition) is 0. The average molecular weight is 207 g/mol. The lowest BCUT2D eigenvalue weighted by atomic mass is 10.1. The minimum absolute atomic E-state index is 0.349. The van der Waals surface area contributed by atoms with Gasteiger partial charge in [-0.05, 0) is 45.1 Å². The summed E-state index contributed by atoms with van der Waals surface area (Å²) >= 11 is 0. The standard InChI is InChI=1S/C12H17NO2/c1-9(13(2)3)6-10-4-5-11-12(7-10)15-8-14-11/h4-5,7,9H,6,8H2,1-3H3/t9-/m0/s1. The number of hydrogen-bond acceptors (Lipinski definition) is 3. The smallest absolute Gasteiger partial charge is 0.231 e. The predicted octanol–water partition coefficient (Wildman–Crippen LogP) is 1.91. The number of nitrogens with zero attached hydrogens (tertiary/aromatic N) is 1. The normalized spacial score (nSPS) is 15.7. The van der Waals surface area contributed by atoms with Crippen molar-refractivity contribution >= 4 is 0 Å². The molecule has 15 heavy (non-hydrogen) atoms. The first kappa shape index (κ1) is 10.3. The summed E-state index contributed by atoms with van der Waals surface area (Å²) in [6, 6.07) is 6.70. The SMILES string of the molecule is C[C@@H](Cc1ccc2c(c1)OCO2)N(C)C. The van der Waals surface area contributed by atoms with Crippen molar-refractivity contribution in [2.75, 3.05) is 20.9 Å². The van der Waals surface area contributed by atoms with E-state index in [0.29, 0.717) is 12.8 Å². The molecular formula is C12H17NO2. The van der Waals surface area contributed by atoms with Gasteiger partial charge in [-0.15, -0.1) is 0 Å². The van der Waals surface area contributed by atoms with E-state index in [4.69, 9.17) is 9.47 Å². The summed E-state index contributed by atoms with van der Waals surface area (Å²) in [7, 11) is 4.19. The van der Waals surface area contributed by atoms with Crippen molar-refractivity contribution in [3.05, 3.63) is 23.8 Å². The molecule has 1 heterocycles. The number of rotatable bonds is 3. The quantitative estimate of drug-likeness (QED) is 0.755. The monoisotopic (exact) mass is 207 g/mol. The van der Waals surface area contributed by atoms with Gasteiger partial charge >= 0.3 is 0 Å². The van der Waals surface area contributed by atoms with E-state index in [2.05, 4.69) is 38.1 Å². The highest BCUT2D eigenvalue weighted by molar-refractivity contribution is 5.44. The largest absolute Gasteiger partial charge is 0.454 e. The zero-order valence-electron chi connectivity index (χ0n) is 9.49. The molecule has 0 N–H and O–H groups in total. The highest BCUT2D eigenvalue weighted by Crippen LogP contribution is 2.32. The Kier molecular flexibility index (Phi) is 2.82. The van der Waals surface area contributed by atoms with Crippen molar-refractivity contribution in [1.82, 2.24) is 4.90 Å². The Balaban J connectivity index is 2.10. The van der Waals surface area contributed by atoms with Gasteiger partial charge in [0.15, 0.2) is 11.5 Å². The second-order valence-corrected chi connectivity index (χ2v) is 4.20. The Morgan fingerprint density at radius 1 is 1.27 bits per heavy atom. The van der Waals surface area contributed by atoms with Crippen LogP contribution in [0.25, 0.3) is 0 Å². The first-order valence-corrected chi connectivity index (χ1v) is 5.22. The fraction of sp³-hybridized carbons (Fsp3) is 0.500. The van der Waals surface area contributed by atoms with Crippen LogP contribution in [0.1, 0.15) is 12.5 Å². The number of likely N-dealkylation sites (N-methyl/N-ethyl adjacent to an activating group) is 1. The highest BCUT2D eigenvalue weighted by atomic mass is 16.7. The molecule has 0 saturated heterocycles. The number of fused-ring (bicyclic) bond motifs is 1. The van der Waals surface area contributed by atoms with Gasteiger partial charge in [0.05, 0.1) is 0 Å². The first-order chi connectivity index (χ1) is 7.16. The van der Waals surface area contributed by atoms with E-state index in [1.54, 1.807) is 0 Å². The van der Waals surface area contributed by atoms with Crippen molar-refractivity contribution in [2.24, 2.45) is 0 Å². The zero-order chi connectivity index (χ0) is 10.8. The molecule has 1 aliphatic rings. The summed E-state index contributed by atoms with van der Waals surface area (Å²) in [5.41, 5.74) is 1.29. The Morgan fingerprint density at radius 2 is 2.00 bits per heavy atom. The third kappa shape index (κ3) is 2.23. The maximum Gasteiger partial charge on any atom is 0.231 e. The van der Waals surface area contributed by atoms with Crippen molar-refractivity contribution in [3.63, 3.8) is 0 Å². The van der Waals surface area contributed by atoms with E-state index < -0.39 is 0 Å². The lowest BCUT2D eigenvalue weighted by Gasteiger charge is -2.19. The van der Waals surface area contributed by atoms with Gasteiger partial charge in [-0.3, -0.25) is 0 Å². The first-order valence-electron chi connectivity index (χ1n) is 5.22. The van der Waals surface area contributed by atoms with Gasteiger partial charge in [0, 0.05) is 6.04 Å². The third-order valence-corrected chi connectivity index (χ3v) is 2.85. The van der Waals surface area contributed by atoms with Crippen LogP contribution in [-0.4, -0.2) is 31.8 Å². The minimum Gasteiger partial charge on any atom is -0.454 e. The van der Waals surface area contributed by atoms with Crippen LogP contribution in [-0.2, 0) is 6.42 Å². The molecule has 82 valence electrons. The second kappa shape index (κ2) is 4.11. The fourth-order valence-corrected chi connectivity index (χ4v) is 1.59. The van der Waals surface area contributed by atoms with Crippen LogP contribution in [0.2, 0.25) is 0 Å². The van der Waals surface area contributed by atoms with Crippen LogP contribution in [0.5, 0.6) is 11.5 Å². The van der Waals surface area contributed by atoms with Gasteiger partial charge in [-0.2, -0.15) is 0 Å². The molecule has 1 atom stereocenters. The van der Waals surface area contributed by atoms with Gasteiger partial charge in [0.25, 0.3) is 0 Å². The Bertz CT molecular complexity index is 349. The zero-order valence-corrected chi connectivity index (χ0v) is 9.49. The Hall–Kier alpha value is -1.22. The molecule has 1 aliphatic heterocycles. The topological polar surface area (TPSA) is 21.7 Å². The van der Waals surface area contributed by atoms with E-state index in [0.717, 1.165) is 17.9 Å². The van der Waals surface area contributed by atoms with Crippen molar-refractivity contribution in [3.8, 4) is 11.5 Å². The van der Waals surface area contributed by atoms with Crippen LogP contribution in [0.15, 0.2) is 18.2 Å². The van der Waals surface area contributed by atoms with Crippen LogP contribution < -0.4 is 9.47 Å². The molecule has 3 heteroatoms. The van der Waals surface area contributed by atoms with E-state index >= 15 is 0 Å². The van der Waals surface area contributed by atoms with Crippen LogP contribution in [0.4, 0.5) is 0 Å². The summed E-state index contributed by atoms with van der Waals surface area (Å²) < 4.78 is 10.6. The molecule has 0 aliphatic carbocycles. The van der Waals surface area contributed by atoms with E-state index in [1.165, 1.54) is 5.56 Å². The molecule has 0 aromatic heterocycles. The third-order valence-electron chi connectivity index (χ3n) is 2.85. The molecule has 0 amide bonds. The molecule has 0 bridgehead atoms. The molecule has 0 unspecified atom stereocenters. The predicted molar refractivity (Wildman–Crippen MR) is 59.4 cm³/mol. The van der Waals surface area contributed by atoms with Gasteiger partial charge in [0.1, 0.15) is 0 Å². The van der Waals surface area contributed by atoms with Crippen molar-refractivity contribution < 1.29 is 9.47 Å². The molecule has 0 saturated carbocycles. The molecular weight excluding hydrogens is 190 g/mol. The molecule has 2 rings (SSSR count). The summed E-state index contributed by atoms with van der Waals surface area (Å²) in [4.78, 5) is 2.21.